The maximum absolute atomic E-state index is 11.0. The smallest absolute Gasteiger partial charge is 0.398 e. The molecule has 0 saturated carbocycles. The van der Waals surface area contributed by atoms with Crippen molar-refractivity contribution in [2.45, 2.75) is 19.0 Å². The Morgan fingerprint density at radius 1 is 1.47 bits per heavy atom. The van der Waals surface area contributed by atoms with Gasteiger partial charge in [-0.2, -0.15) is 0 Å². The van der Waals surface area contributed by atoms with Gasteiger partial charge < -0.3 is 19.7 Å². The minimum atomic E-state index is -2.44. The molecular weight excluding hydrogens is 224 g/mol. The number of rotatable bonds is 5. The van der Waals surface area contributed by atoms with Gasteiger partial charge in [0, 0.05) is 6.08 Å². The Bertz CT molecular complexity index is 387. The molecule has 1 aromatic rings. The summed E-state index contributed by atoms with van der Waals surface area (Å²) in [4.78, 5) is 11.0. The molecule has 0 aliphatic heterocycles. The highest BCUT2D eigenvalue weighted by Gasteiger charge is 2.40. The quantitative estimate of drug-likeness (QED) is 0.451. The Labute approximate surface area is 98.9 Å². The molecule has 17 heavy (non-hydrogen) atoms. The van der Waals surface area contributed by atoms with E-state index in [0.717, 1.165) is 6.08 Å². The van der Waals surface area contributed by atoms with Crippen molar-refractivity contribution >= 4 is 5.97 Å². The van der Waals surface area contributed by atoms with Crippen LogP contribution in [0.2, 0.25) is 0 Å². The van der Waals surface area contributed by atoms with Gasteiger partial charge in [0.05, 0.1) is 0 Å². The molecule has 0 saturated heterocycles. The minimum absolute atomic E-state index is 0.257. The first-order chi connectivity index (χ1) is 7.98. The van der Waals surface area contributed by atoms with E-state index in [-0.39, 0.29) is 5.75 Å². The van der Waals surface area contributed by atoms with Crippen molar-refractivity contribution in [2.75, 3.05) is 0 Å². The summed E-state index contributed by atoms with van der Waals surface area (Å²) in [6.45, 7) is 4.42. The number of carbonyl (C=O) groups excluding carboxylic acids is 1. The topological polar surface area (TPSA) is 76.0 Å². The highest BCUT2D eigenvalue weighted by molar-refractivity contribution is 5.81. The second-order valence-corrected chi connectivity index (χ2v) is 3.35. The molecular formula is C12H14O5. The summed E-state index contributed by atoms with van der Waals surface area (Å²) in [5.41, 5.74) is 0. The summed E-state index contributed by atoms with van der Waals surface area (Å²) in [6, 6.07) is 8.20. The molecule has 0 aliphatic carbocycles. The Morgan fingerprint density at radius 3 is 2.53 bits per heavy atom. The second-order valence-electron chi connectivity index (χ2n) is 3.35. The monoisotopic (exact) mass is 238 g/mol. The highest BCUT2D eigenvalue weighted by Crippen LogP contribution is 2.20. The summed E-state index contributed by atoms with van der Waals surface area (Å²) in [6.07, 6.45) is -0.562. The lowest BCUT2D eigenvalue weighted by atomic mass is 10.3. The van der Waals surface area contributed by atoms with Crippen LogP contribution in [0.3, 0.4) is 0 Å². The molecule has 1 aromatic carbocycles. The van der Waals surface area contributed by atoms with Gasteiger partial charge in [-0.05, 0) is 19.1 Å². The van der Waals surface area contributed by atoms with Crippen molar-refractivity contribution in [2.24, 2.45) is 0 Å². The fourth-order valence-electron chi connectivity index (χ4n) is 1.03. The first kappa shape index (κ1) is 13.2. The van der Waals surface area contributed by atoms with Gasteiger partial charge in [-0.3, -0.25) is 0 Å². The first-order valence-corrected chi connectivity index (χ1v) is 4.98. The number of carbonyl (C=O) groups is 1. The van der Waals surface area contributed by atoms with E-state index in [1.807, 2.05) is 0 Å². The Kier molecular flexibility index (Phi) is 4.25. The number of aliphatic hydroxyl groups excluding tert-OH is 1. The third-order valence-electron chi connectivity index (χ3n) is 1.95. The zero-order valence-corrected chi connectivity index (χ0v) is 9.37. The van der Waals surface area contributed by atoms with E-state index in [4.69, 9.17) is 4.74 Å². The Hall–Kier alpha value is -1.85. The molecule has 2 atom stereocenters. The SMILES string of the molecule is C=CC(=O)OC(O)(Oc1ccccc1)C(C)O. The van der Waals surface area contributed by atoms with E-state index >= 15 is 0 Å². The lowest BCUT2D eigenvalue weighted by Crippen LogP contribution is -2.49. The molecule has 5 nitrogen and oxygen atoms in total. The van der Waals surface area contributed by atoms with Crippen LogP contribution in [0.15, 0.2) is 43.0 Å². The van der Waals surface area contributed by atoms with Gasteiger partial charge in [-0.1, -0.05) is 24.8 Å². The average molecular weight is 238 g/mol. The zero-order chi connectivity index (χ0) is 12.9. The second kappa shape index (κ2) is 5.47. The fourth-order valence-corrected chi connectivity index (χ4v) is 1.03. The van der Waals surface area contributed by atoms with Crippen molar-refractivity contribution in [3.63, 3.8) is 0 Å². The van der Waals surface area contributed by atoms with E-state index in [1.54, 1.807) is 30.3 Å². The van der Waals surface area contributed by atoms with Gasteiger partial charge in [0.15, 0.2) is 6.10 Å². The lowest BCUT2D eigenvalue weighted by Gasteiger charge is -2.29. The van der Waals surface area contributed by atoms with Gasteiger partial charge in [0.2, 0.25) is 0 Å². The largest absolute Gasteiger partial charge is 0.428 e. The third-order valence-corrected chi connectivity index (χ3v) is 1.95. The van der Waals surface area contributed by atoms with Gasteiger partial charge >= 0.3 is 11.9 Å². The summed E-state index contributed by atoms with van der Waals surface area (Å²) >= 11 is 0. The fraction of sp³-hybridized carbons (Fsp3) is 0.250. The van der Waals surface area contributed by atoms with Crippen molar-refractivity contribution in [3.8, 4) is 5.75 Å². The number of benzene rings is 1. The van der Waals surface area contributed by atoms with Crippen LogP contribution in [0.4, 0.5) is 0 Å². The molecule has 92 valence electrons. The summed E-state index contributed by atoms with van der Waals surface area (Å²) in [5.74, 6) is -3.08. The Morgan fingerprint density at radius 2 is 2.06 bits per heavy atom. The molecule has 0 amide bonds. The molecule has 5 heteroatoms. The number of aliphatic hydroxyl groups is 2. The normalized spacial score (nSPS) is 15.5. The molecule has 1 rings (SSSR count). The van der Waals surface area contributed by atoms with Crippen LogP contribution in [0.25, 0.3) is 0 Å². The van der Waals surface area contributed by atoms with Gasteiger partial charge in [-0.15, -0.1) is 0 Å². The average Bonchev–Trinajstić information content (AvgIpc) is 2.29. The van der Waals surface area contributed by atoms with E-state index in [1.165, 1.54) is 6.92 Å². The molecule has 2 N–H and O–H groups in total. The van der Waals surface area contributed by atoms with Crippen molar-refractivity contribution in [1.82, 2.24) is 0 Å². The van der Waals surface area contributed by atoms with Gasteiger partial charge in [0.25, 0.3) is 0 Å². The van der Waals surface area contributed by atoms with E-state index in [9.17, 15) is 15.0 Å². The molecule has 0 bridgehead atoms. The molecule has 0 radical (unpaired) electrons. The maximum Gasteiger partial charge on any atom is 0.398 e. The molecule has 0 heterocycles. The molecule has 0 aliphatic rings. The first-order valence-electron chi connectivity index (χ1n) is 4.98. The van der Waals surface area contributed by atoms with E-state index < -0.39 is 18.0 Å². The standard InChI is InChI=1S/C12H14O5/c1-3-11(14)17-12(15,9(2)13)16-10-7-5-4-6-8-10/h3-9,13,15H,1H2,2H3. The van der Waals surface area contributed by atoms with E-state index in [2.05, 4.69) is 11.3 Å². The molecule has 0 aromatic heterocycles. The van der Waals surface area contributed by atoms with Crippen LogP contribution >= 0.6 is 0 Å². The minimum Gasteiger partial charge on any atom is -0.428 e. The number of hydrogen-bond acceptors (Lipinski definition) is 5. The van der Waals surface area contributed by atoms with Crippen LogP contribution in [-0.2, 0) is 9.53 Å². The Balaban J connectivity index is 2.85. The van der Waals surface area contributed by atoms with Crippen LogP contribution in [-0.4, -0.2) is 28.3 Å². The van der Waals surface area contributed by atoms with Crippen molar-refractivity contribution in [3.05, 3.63) is 43.0 Å². The molecule has 0 spiro atoms. The summed E-state index contributed by atoms with van der Waals surface area (Å²) in [7, 11) is 0. The summed E-state index contributed by atoms with van der Waals surface area (Å²) in [5, 5.41) is 19.3. The lowest BCUT2D eigenvalue weighted by molar-refractivity contribution is -0.336. The highest BCUT2D eigenvalue weighted by atomic mass is 16.8. The number of ether oxygens (including phenoxy) is 2. The number of para-hydroxylation sites is 1. The number of esters is 1. The maximum atomic E-state index is 11.0. The molecule has 2 unspecified atom stereocenters. The van der Waals surface area contributed by atoms with Crippen LogP contribution in [0, 0.1) is 0 Å². The van der Waals surface area contributed by atoms with Crippen LogP contribution in [0.1, 0.15) is 6.92 Å². The van der Waals surface area contributed by atoms with Crippen LogP contribution < -0.4 is 4.74 Å². The van der Waals surface area contributed by atoms with E-state index in [0.29, 0.717) is 0 Å². The van der Waals surface area contributed by atoms with Crippen molar-refractivity contribution in [1.29, 1.82) is 0 Å². The number of hydrogen-bond donors (Lipinski definition) is 2. The predicted molar refractivity (Wildman–Crippen MR) is 60.0 cm³/mol. The summed E-state index contributed by atoms with van der Waals surface area (Å²) < 4.78 is 9.63. The molecule has 0 fully saturated rings. The van der Waals surface area contributed by atoms with Crippen molar-refractivity contribution < 1.29 is 24.5 Å². The third kappa shape index (κ3) is 3.58. The van der Waals surface area contributed by atoms with Gasteiger partial charge in [0.1, 0.15) is 5.75 Å². The van der Waals surface area contributed by atoms with Crippen LogP contribution in [0.5, 0.6) is 5.75 Å². The predicted octanol–water partition coefficient (Wildman–Crippen LogP) is 0.821. The van der Waals surface area contributed by atoms with Gasteiger partial charge in [-0.25, -0.2) is 4.79 Å². The zero-order valence-electron chi connectivity index (χ0n) is 9.37.